The number of aliphatic hydroxyl groups is 1. The maximum atomic E-state index is 12.6. The highest BCUT2D eigenvalue weighted by atomic mass is 79.9. The second-order valence-electron chi connectivity index (χ2n) is 6.25. The van der Waals surface area contributed by atoms with Gasteiger partial charge in [0, 0.05) is 39.8 Å². The third-order valence-electron chi connectivity index (χ3n) is 3.98. The summed E-state index contributed by atoms with van der Waals surface area (Å²) in [7, 11) is 1.64. The quantitative estimate of drug-likeness (QED) is 0.668. The number of carbonyl (C=O) groups excluding carboxylic acids is 1. The van der Waals surface area contributed by atoms with Crippen LogP contribution in [-0.2, 0) is 18.2 Å². The minimum atomic E-state index is -0.647. The van der Waals surface area contributed by atoms with E-state index in [0.717, 1.165) is 10.0 Å². The van der Waals surface area contributed by atoms with E-state index in [2.05, 4.69) is 15.9 Å². The molecule has 0 bridgehead atoms. The number of ether oxygens (including phenoxy) is 1. The molecule has 1 aromatic carbocycles. The molecule has 26 heavy (non-hydrogen) atoms. The first-order valence-corrected chi connectivity index (χ1v) is 9.30. The first-order chi connectivity index (χ1) is 12.2. The number of nitrogens with zero attached hydrogens (tertiary/aromatic N) is 1. The highest BCUT2D eigenvalue weighted by molar-refractivity contribution is 9.10. The maximum absolute atomic E-state index is 12.6. The van der Waals surface area contributed by atoms with Gasteiger partial charge in [0.1, 0.15) is 6.61 Å². The first-order valence-electron chi connectivity index (χ1n) is 8.13. The van der Waals surface area contributed by atoms with Crippen LogP contribution in [0.3, 0.4) is 0 Å². The van der Waals surface area contributed by atoms with Crippen LogP contribution in [0.2, 0.25) is 5.02 Å². The Morgan fingerprint density at radius 2 is 2.08 bits per heavy atom. The van der Waals surface area contributed by atoms with Gasteiger partial charge in [-0.05, 0) is 37.6 Å². The Morgan fingerprint density at radius 3 is 2.69 bits per heavy atom. The predicted octanol–water partition coefficient (Wildman–Crippen LogP) is 3.28. The summed E-state index contributed by atoms with van der Waals surface area (Å²) in [5.41, 5.74) is 2.14. The molecule has 2 aromatic rings. The van der Waals surface area contributed by atoms with Gasteiger partial charge in [-0.3, -0.25) is 9.59 Å². The number of pyridine rings is 1. The van der Waals surface area contributed by atoms with Crippen molar-refractivity contribution in [1.82, 2.24) is 4.57 Å². The van der Waals surface area contributed by atoms with Gasteiger partial charge in [-0.2, -0.15) is 0 Å². The number of ketones is 1. The molecule has 0 aliphatic rings. The summed E-state index contributed by atoms with van der Waals surface area (Å²) < 4.78 is 7.58. The molecule has 5 nitrogen and oxygen atoms in total. The molecule has 0 spiro atoms. The zero-order chi connectivity index (χ0) is 19.4. The minimum Gasteiger partial charge on any atom is -0.391 e. The smallest absolute Gasteiger partial charge is 0.253 e. The molecule has 0 aliphatic carbocycles. The second-order valence-corrected chi connectivity index (χ2v) is 7.57. The Morgan fingerprint density at radius 1 is 1.38 bits per heavy atom. The standard InChI is InChI=1S/C19H21BrClNO4/c1-11-6-15(18(24)10-26-9-12(2)23)17(22(3)19(11)25)7-13-4-5-14(20)8-16(13)21/h4-6,8,12,23H,7,9-10H2,1-3H3/t12-/m0/s1. The summed E-state index contributed by atoms with van der Waals surface area (Å²) in [4.78, 5) is 25.0. The van der Waals surface area contributed by atoms with E-state index in [1.54, 1.807) is 33.0 Å². The van der Waals surface area contributed by atoms with Gasteiger partial charge in [0.05, 0.1) is 12.7 Å². The molecule has 7 heteroatoms. The normalized spacial score (nSPS) is 12.2. The predicted molar refractivity (Wildman–Crippen MR) is 105 cm³/mol. The monoisotopic (exact) mass is 441 g/mol. The van der Waals surface area contributed by atoms with Crippen LogP contribution >= 0.6 is 27.5 Å². The Balaban J connectivity index is 2.41. The highest BCUT2D eigenvalue weighted by Gasteiger charge is 2.18. The van der Waals surface area contributed by atoms with E-state index in [0.29, 0.717) is 28.3 Å². The van der Waals surface area contributed by atoms with Gasteiger partial charge in [-0.15, -0.1) is 0 Å². The molecule has 140 valence electrons. The van der Waals surface area contributed by atoms with Gasteiger partial charge in [0.2, 0.25) is 0 Å². The molecule has 0 aliphatic heterocycles. The van der Waals surface area contributed by atoms with E-state index in [9.17, 15) is 14.7 Å². The number of halogens is 2. The summed E-state index contributed by atoms with van der Waals surface area (Å²) in [5, 5.41) is 9.81. The topological polar surface area (TPSA) is 68.5 Å². The van der Waals surface area contributed by atoms with E-state index < -0.39 is 6.10 Å². The van der Waals surface area contributed by atoms with Crippen molar-refractivity contribution in [2.24, 2.45) is 7.05 Å². The largest absolute Gasteiger partial charge is 0.391 e. The summed E-state index contributed by atoms with van der Waals surface area (Å²) in [6.45, 7) is 3.17. The number of aryl methyl sites for hydroxylation is 1. The maximum Gasteiger partial charge on any atom is 0.253 e. The van der Waals surface area contributed by atoms with Crippen LogP contribution in [0.15, 0.2) is 33.5 Å². The lowest BCUT2D eigenvalue weighted by atomic mass is 10.0. The SMILES string of the molecule is Cc1cc(C(=O)COC[C@H](C)O)c(Cc2ccc(Br)cc2Cl)n(C)c1=O. The van der Waals surface area contributed by atoms with E-state index >= 15 is 0 Å². The second kappa shape index (κ2) is 8.95. The summed E-state index contributed by atoms with van der Waals surface area (Å²) in [6, 6.07) is 7.09. The van der Waals surface area contributed by atoms with E-state index in [4.69, 9.17) is 16.3 Å². The lowest BCUT2D eigenvalue weighted by molar-refractivity contribution is 0.0424. The van der Waals surface area contributed by atoms with Gasteiger partial charge in [-0.1, -0.05) is 33.6 Å². The molecule has 0 radical (unpaired) electrons. The lowest BCUT2D eigenvalue weighted by Crippen LogP contribution is -2.27. The first kappa shape index (κ1) is 20.8. The molecule has 2 rings (SSSR count). The zero-order valence-corrected chi connectivity index (χ0v) is 17.2. The Hall–Kier alpha value is -1.47. The molecule has 1 heterocycles. The van der Waals surface area contributed by atoms with E-state index in [1.807, 2.05) is 12.1 Å². The van der Waals surface area contributed by atoms with Crippen molar-refractivity contribution in [3.05, 3.63) is 66.5 Å². The van der Waals surface area contributed by atoms with Gasteiger partial charge in [0.25, 0.3) is 5.56 Å². The fourth-order valence-corrected chi connectivity index (χ4v) is 3.37. The minimum absolute atomic E-state index is 0.0738. The van der Waals surface area contributed by atoms with Crippen LogP contribution in [-0.4, -0.2) is 34.8 Å². The third-order valence-corrected chi connectivity index (χ3v) is 4.83. The van der Waals surface area contributed by atoms with Crippen molar-refractivity contribution >= 4 is 33.3 Å². The summed E-state index contributed by atoms with van der Waals surface area (Å²) in [5.74, 6) is -0.243. The zero-order valence-electron chi connectivity index (χ0n) is 14.9. The van der Waals surface area contributed by atoms with E-state index in [1.165, 1.54) is 4.57 Å². The molecule has 0 fully saturated rings. The number of benzene rings is 1. The molecule has 0 unspecified atom stereocenters. The third kappa shape index (κ3) is 5.04. The molecule has 0 saturated heterocycles. The Labute approximate surface area is 165 Å². The van der Waals surface area contributed by atoms with Gasteiger partial charge in [0.15, 0.2) is 5.78 Å². The average Bonchev–Trinajstić information content (AvgIpc) is 2.56. The fourth-order valence-electron chi connectivity index (χ4n) is 2.63. The molecule has 1 N–H and O–H groups in total. The van der Waals surface area contributed by atoms with Gasteiger partial charge in [-0.25, -0.2) is 0 Å². The number of aromatic nitrogens is 1. The van der Waals surface area contributed by atoms with Crippen LogP contribution in [0.1, 0.15) is 34.1 Å². The number of carbonyl (C=O) groups is 1. The molecular weight excluding hydrogens is 422 g/mol. The van der Waals surface area contributed by atoms with Crippen LogP contribution in [0.4, 0.5) is 0 Å². The molecular formula is C19H21BrClNO4. The van der Waals surface area contributed by atoms with E-state index in [-0.39, 0.29) is 24.6 Å². The van der Waals surface area contributed by atoms with Gasteiger partial charge < -0.3 is 14.4 Å². The van der Waals surface area contributed by atoms with Crippen molar-refractivity contribution in [1.29, 1.82) is 0 Å². The van der Waals surface area contributed by atoms with Crippen LogP contribution in [0, 0.1) is 6.92 Å². The van der Waals surface area contributed by atoms with Crippen LogP contribution in [0.25, 0.3) is 0 Å². The van der Waals surface area contributed by atoms with Crippen molar-refractivity contribution < 1.29 is 14.6 Å². The highest BCUT2D eigenvalue weighted by Crippen LogP contribution is 2.24. The summed E-state index contributed by atoms with van der Waals surface area (Å²) >= 11 is 9.66. The lowest BCUT2D eigenvalue weighted by Gasteiger charge is -2.16. The fraction of sp³-hybridized carbons (Fsp3) is 0.368. The van der Waals surface area contributed by atoms with Crippen molar-refractivity contribution in [3.8, 4) is 0 Å². The van der Waals surface area contributed by atoms with Crippen LogP contribution in [0.5, 0.6) is 0 Å². The van der Waals surface area contributed by atoms with Crippen molar-refractivity contribution in [3.63, 3.8) is 0 Å². The van der Waals surface area contributed by atoms with Crippen molar-refractivity contribution in [2.45, 2.75) is 26.4 Å². The molecule has 0 saturated carbocycles. The number of hydrogen-bond donors (Lipinski definition) is 1. The van der Waals surface area contributed by atoms with Crippen LogP contribution < -0.4 is 5.56 Å². The number of aliphatic hydroxyl groups excluding tert-OH is 1. The molecule has 1 aromatic heterocycles. The average molecular weight is 443 g/mol. The number of Topliss-reactive ketones (excluding diaryl/α,β-unsaturated/α-hetero) is 1. The Bertz CT molecular complexity index is 877. The van der Waals surface area contributed by atoms with Gasteiger partial charge >= 0.3 is 0 Å². The van der Waals surface area contributed by atoms with Crippen molar-refractivity contribution in [2.75, 3.05) is 13.2 Å². The summed E-state index contributed by atoms with van der Waals surface area (Å²) in [6.07, 6.45) is -0.305. The Kier molecular flexibility index (Phi) is 7.17. The molecule has 0 amide bonds. The number of hydrogen-bond acceptors (Lipinski definition) is 4. The molecule has 1 atom stereocenters. The number of rotatable bonds is 7.